The molecule has 1 heterocycles. The molecule has 0 saturated heterocycles. The monoisotopic (exact) mass is 294 g/mol. The number of alkyl halides is 3. The number of hydrogen-bond donors (Lipinski definition) is 0. The van der Waals surface area contributed by atoms with Crippen LogP contribution in [-0.4, -0.2) is 10.2 Å². The molecule has 0 amide bonds. The molecule has 94 valence electrons. The third-order valence-electron chi connectivity index (χ3n) is 2.84. The van der Waals surface area contributed by atoms with Gasteiger partial charge in [0.25, 0.3) is 9.68 Å². The summed E-state index contributed by atoms with van der Waals surface area (Å²) in [5.41, 5.74) is 0. The fourth-order valence-electron chi connectivity index (χ4n) is 1.96. The summed E-state index contributed by atoms with van der Waals surface area (Å²) in [6, 6.07) is 0. The third-order valence-corrected chi connectivity index (χ3v) is 3.33. The molecule has 0 N–H and O–H groups in total. The van der Waals surface area contributed by atoms with Gasteiger partial charge < -0.3 is 4.42 Å². The first-order chi connectivity index (χ1) is 8.05. The van der Waals surface area contributed by atoms with Crippen molar-refractivity contribution in [2.75, 3.05) is 0 Å². The molecule has 0 atom stereocenters. The Labute approximate surface area is 115 Å². The first-order valence-electron chi connectivity index (χ1n) is 5.64. The molecule has 1 aromatic heterocycles. The van der Waals surface area contributed by atoms with Crippen LogP contribution < -0.4 is 0 Å². The lowest BCUT2D eigenvalue weighted by molar-refractivity contribution is 0.419. The van der Waals surface area contributed by atoms with Gasteiger partial charge in [-0.25, -0.2) is 0 Å². The van der Waals surface area contributed by atoms with Crippen LogP contribution in [0.2, 0.25) is 0 Å². The van der Waals surface area contributed by atoms with Gasteiger partial charge in [0.15, 0.2) is 0 Å². The summed E-state index contributed by atoms with van der Waals surface area (Å²) in [4.78, 5) is 0. The lowest BCUT2D eigenvalue weighted by atomic mass is 9.89. The van der Waals surface area contributed by atoms with E-state index < -0.39 is 3.79 Å². The lowest BCUT2D eigenvalue weighted by Crippen LogP contribution is -2.02. The molecule has 17 heavy (non-hydrogen) atoms. The van der Waals surface area contributed by atoms with Crippen molar-refractivity contribution < 1.29 is 4.42 Å². The summed E-state index contributed by atoms with van der Waals surface area (Å²) in [6.07, 6.45) is 10.3. The predicted octanol–water partition coefficient (Wildman–Crippen LogP) is 4.49. The number of nitrogens with zero attached hydrogens (tertiary/aromatic N) is 2. The van der Waals surface area contributed by atoms with Crippen LogP contribution in [0.25, 0.3) is 6.08 Å². The average molecular weight is 296 g/mol. The minimum Gasteiger partial charge on any atom is -0.417 e. The fraction of sp³-hybridized carbons (Fsp3) is 0.636. The van der Waals surface area contributed by atoms with Crippen molar-refractivity contribution in [3.05, 3.63) is 17.9 Å². The molecule has 6 heteroatoms. The van der Waals surface area contributed by atoms with Gasteiger partial charge in [0, 0.05) is 0 Å². The van der Waals surface area contributed by atoms with Gasteiger partial charge >= 0.3 is 0 Å². The highest BCUT2D eigenvalue weighted by Crippen LogP contribution is 2.37. The van der Waals surface area contributed by atoms with Crippen LogP contribution >= 0.6 is 34.8 Å². The highest BCUT2D eigenvalue weighted by Gasteiger charge is 2.29. The van der Waals surface area contributed by atoms with Crippen LogP contribution in [0.3, 0.4) is 0 Å². The minimum atomic E-state index is -1.65. The highest BCUT2D eigenvalue weighted by atomic mass is 35.6. The van der Waals surface area contributed by atoms with Crippen LogP contribution in [0.5, 0.6) is 0 Å². The molecule has 0 aliphatic heterocycles. The van der Waals surface area contributed by atoms with Crippen molar-refractivity contribution in [1.82, 2.24) is 10.2 Å². The molecular formula is C11H13Cl3N2O. The van der Waals surface area contributed by atoms with E-state index in [1.54, 1.807) is 0 Å². The molecule has 1 aliphatic rings. The Morgan fingerprint density at radius 2 is 1.82 bits per heavy atom. The van der Waals surface area contributed by atoms with Crippen molar-refractivity contribution >= 4 is 40.9 Å². The van der Waals surface area contributed by atoms with Crippen molar-refractivity contribution in [1.29, 1.82) is 0 Å². The van der Waals surface area contributed by atoms with Crippen LogP contribution in [0, 0.1) is 5.92 Å². The molecule has 1 saturated carbocycles. The molecule has 2 rings (SSSR count). The summed E-state index contributed by atoms with van der Waals surface area (Å²) < 4.78 is 3.59. The largest absolute Gasteiger partial charge is 0.417 e. The van der Waals surface area contributed by atoms with E-state index in [4.69, 9.17) is 39.2 Å². The van der Waals surface area contributed by atoms with Gasteiger partial charge in [-0.15, -0.1) is 10.2 Å². The second-order valence-electron chi connectivity index (χ2n) is 4.20. The normalized spacial score (nSPS) is 19.0. The van der Waals surface area contributed by atoms with E-state index in [0.717, 1.165) is 0 Å². The smallest absolute Gasteiger partial charge is 0.268 e. The van der Waals surface area contributed by atoms with Gasteiger partial charge in [-0.1, -0.05) is 60.1 Å². The average Bonchev–Trinajstić information content (AvgIpc) is 2.76. The Morgan fingerprint density at radius 1 is 1.12 bits per heavy atom. The molecule has 0 spiro atoms. The number of aromatic nitrogens is 2. The van der Waals surface area contributed by atoms with Gasteiger partial charge in [-0.05, 0) is 24.8 Å². The Morgan fingerprint density at radius 3 is 2.41 bits per heavy atom. The van der Waals surface area contributed by atoms with E-state index in [1.807, 2.05) is 6.08 Å². The molecule has 0 radical (unpaired) electrons. The molecular weight excluding hydrogens is 282 g/mol. The zero-order valence-electron chi connectivity index (χ0n) is 9.20. The Balaban J connectivity index is 1.98. The van der Waals surface area contributed by atoms with Crippen molar-refractivity contribution in [3.8, 4) is 0 Å². The fourth-order valence-corrected chi connectivity index (χ4v) is 2.19. The number of halogens is 3. The summed E-state index contributed by atoms with van der Waals surface area (Å²) in [5, 5.41) is 7.50. The molecule has 1 aromatic rings. The van der Waals surface area contributed by atoms with E-state index in [0.29, 0.717) is 11.8 Å². The van der Waals surface area contributed by atoms with Gasteiger partial charge in [0.2, 0.25) is 5.89 Å². The lowest BCUT2D eigenvalue weighted by Gasteiger charge is -2.17. The number of rotatable bonds is 2. The van der Waals surface area contributed by atoms with Crippen LogP contribution in [0.1, 0.15) is 43.9 Å². The molecule has 0 aromatic carbocycles. The molecule has 0 unspecified atom stereocenters. The van der Waals surface area contributed by atoms with Gasteiger partial charge in [0.1, 0.15) is 0 Å². The van der Waals surface area contributed by atoms with E-state index >= 15 is 0 Å². The van der Waals surface area contributed by atoms with Crippen LogP contribution in [-0.2, 0) is 3.79 Å². The number of allylic oxidation sites excluding steroid dienone is 1. The van der Waals surface area contributed by atoms with Crippen LogP contribution in [0.15, 0.2) is 10.5 Å². The standard InChI is InChI=1S/C11H13Cl3N2O/c12-11(13,14)10-16-15-9(17-10)7-6-8-4-2-1-3-5-8/h6-8H,1-5H2/b7-6+. The molecule has 0 bridgehead atoms. The Kier molecular flexibility index (Phi) is 4.34. The predicted molar refractivity (Wildman–Crippen MR) is 69.1 cm³/mol. The van der Waals surface area contributed by atoms with Crippen molar-refractivity contribution in [3.63, 3.8) is 0 Å². The number of hydrogen-bond acceptors (Lipinski definition) is 3. The van der Waals surface area contributed by atoms with Gasteiger partial charge in [-0.3, -0.25) is 0 Å². The topological polar surface area (TPSA) is 38.9 Å². The Hall–Kier alpha value is -0.250. The van der Waals surface area contributed by atoms with E-state index in [-0.39, 0.29) is 5.89 Å². The third kappa shape index (κ3) is 3.87. The maximum Gasteiger partial charge on any atom is 0.268 e. The summed E-state index contributed by atoms with van der Waals surface area (Å²) in [6.45, 7) is 0. The quantitative estimate of drug-likeness (QED) is 0.755. The maximum atomic E-state index is 5.63. The molecule has 1 fully saturated rings. The summed E-state index contributed by atoms with van der Waals surface area (Å²) in [5.74, 6) is 0.995. The zero-order valence-corrected chi connectivity index (χ0v) is 11.5. The summed E-state index contributed by atoms with van der Waals surface area (Å²) in [7, 11) is 0. The SMILES string of the molecule is ClC(Cl)(Cl)c1nnc(/C=C/C2CCCCC2)o1. The molecule has 3 nitrogen and oxygen atoms in total. The highest BCUT2D eigenvalue weighted by molar-refractivity contribution is 6.66. The maximum absolute atomic E-state index is 5.63. The first kappa shape index (κ1) is 13.2. The van der Waals surface area contributed by atoms with E-state index in [2.05, 4.69) is 16.3 Å². The summed E-state index contributed by atoms with van der Waals surface area (Å²) >= 11 is 16.9. The minimum absolute atomic E-state index is 0.00536. The van der Waals surface area contributed by atoms with E-state index in [9.17, 15) is 0 Å². The second kappa shape index (κ2) is 5.59. The first-order valence-corrected chi connectivity index (χ1v) is 6.78. The van der Waals surface area contributed by atoms with Gasteiger partial charge in [-0.2, -0.15) is 0 Å². The van der Waals surface area contributed by atoms with Crippen molar-refractivity contribution in [2.45, 2.75) is 35.9 Å². The van der Waals surface area contributed by atoms with E-state index in [1.165, 1.54) is 32.1 Å². The Bertz CT molecular complexity index is 392. The zero-order chi connectivity index (χ0) is 12.3. The van der Waals surface area contributed by atoms with Crippen molar-refractivity contribution in [2.24, 2.45) is 5.92 Å². The van der Waals surface area contributed by atoms with Crippen LogP contribution in [0.4, 0.5) is 0 Å². The molecule has 1 aliphatic carbocycles. The van der Waals surface area contributed by atoms with Gasteiger partial charge in [0.05, 0.1) is 0 Å². The second-order valence-corrected chi connectivity index (χ2v) is 6.48.